The summed E-state index contributed by atoms with van der Waals surface area (Å²) in [7, 11) is 0. The number of nitrogens with zero attached hydrogens (tertiary/aromatic N) is 3. The minimum absolute atomic E-state index is 0.249. The fraction of sp³-hybridized carbons (Fsp3) is 0.667. The Labute approximate surface area is 106 Å². The predicted octanol–water partition coefficient (Wildman–Crippen LogP) is 0.458. The Bertz CT molecular complexity index is 434. The Balaban J connectivity index is 1.84. The molecule has 0 aromatic carbocycles. The zero-order chi connectivity index (χ0) is 12.5. The first-order chi connectivity index (χ1) is 8.80. The number of aromatic nitrogens is 2. The zero-order valence-corrected chi connectivity index (χ0v) is 10.3. The molecular formula is C12H19N5O. The van der Waals surface area contributed by atoms with Crippen LogP contribution in [-0.2, 0) is 0 Å². The number of nitrogens with one attached hydrogen (secondary N) is 1. The van der Waals surface area contributed by atoms with Crippen molar-refractivity contribution in [2.75, 3.05) is 30.0 Å². The predicted molar refractivity (Wildman–Crippen MR) is 69.2 cm³/mol. The second-order valence-electron chi connectivity index (χ2n) is 5.17. The Hall–Kier alpha value is -1.40. The van der Waals surface area contributed by atoms with Gasteiger partial charge in [-0.25, -0.2) is 15.8 Å². The van der Waals surface area contributed by atoms with Crippen LogP contribution in [0.15, 0.2) is 6.07 Å². The largest absolute Gasteiger partial charge is 0.396 e. The van der Waals surface area contributed by atoms with E-state index in [0.29, 0.717) is 17.7 Å². The van der Waals surface area contributed by atoms with Gasteiger partial charge in [-0.05, 0) is 19.3 Å². The van der Waals surface area contributed by atoms with Crippen molar-refractivity contribution >= 4 is 11.6 Å². The maximum Gasteiger partial charge on any atom is 0.145 e. The highest BCUT2D eigenvalue weighted by atomic mass is 16.3. The standard InChI is InChI=1S/C12H19N5O/c13-16-10-5-11(15-12(14-10)9-1-2-9)17-4-3-8(6-17)7-18/h5,8-9,18H,1-4,6-7,13H2,(H,14,15,16). The van der Waals surface area contributed by atoms with E-state index in [1.807, 2.05) is 6.07 Å². The molecule has 1 aromatic heterocycles. The van der Waals surface area contributed by atoms with E-state index in [4.69, 9.17) is 5.84 Å². The van der Waals surface area contributed by atoms with E-state index >= 15 is 0 Å². The normalized spacial score (nSPS) is 23.4. The van der Waals surface area contributed by atoms with E-state index < -0.39 is 0 Å². The second-order valence-corrected chi connectivity index (χ2v) is 5.17. The molecule has 0 amide bonds. The van der Waals surface area contributed by atoms with Crippen molar-refractivity contribution in [3.8, 4) is 0 Å². The minimum Gasteiger partial charge on any atom is -0.396 e. The Morgan fingerprint density at radius 3 is 2.83 bits per heavy atom. The Morgan fingerprint density at radius 2 is 2.22 bits per heavy atom. The van der Waals surface area contributed by atoms with Gasteiger partial charge in [-0.1, -0.05) is 0 Å². The van der Waals surface area contributed by atoms with E-state index in [1.54, 1.807) is 0 Å². The van der Waals surface area contributed by atoms with E-state index in [1.165, 1.54) is 12.8 Å². The molecular weight excluding hydrogens is 230 g/mol. The van der Waals surface area contributed by atoms with Crippen LogP contribution in [0.4, 0.5) is 11.6 Å². The molecule has 1 aliphatic heterocycles. The third-order valence-electron chi connectivity index (χ3n) is 3.69. The minimum atomic E-state index is 0.249. The van der Waals surface area contributed by atoms with Crippen LogP contribution in [0.5, 0.6) is 0 Å². The smallest absolute Gasteiger partial charge is 0.145 e. The monoisotopic (exact) mass is 249 g/mol. The maximum atomic E-state index is 9.19. The van der Waals surface area contributed by atoms with Crippen LogP contribution in [0.1, 0.15) is 31.0 Å². The quantitative estimate of drug-likeness (QED) is 0.531. The molecule has 0 bridgehead atoms. The molecule has 6 heteroatoms. The summed E-state index contributed by atoms with van der Waals surface area (Å²) < 4.78 is 0. The lowest BCUT2D eigenvalue weighted by molar-refractivity contribution is 0.238. The van der Waals surface area contributed by atoms with Gasteiger partial charge in [-0.15, -0.1) is 0 Å². The lowest BCUT2D eigenvalue weighted by Gasteiger charge is -2.18. The number of nitrogen functional groups attached to an aromatic ring is 1. The summed E-state index contributed by atoms with van der Waals surface area (Å²) in [6.07, 6.45) is 3.37. The Morgan fingerprint density at radius 1 is 1.39 bits per heavy atom. The number of nitrogens with two attached hydrogens (primary N) is 1. The molecule has 2 fully saturated rings. The number of hydrazine groups is 1. The number of rotatable bonds is 4. The topological polar surface area (TPSA) is 87.3 Å². The van der Waals surface area contributed by atoms with Crippen molar-refractivity contribution in [1.82, 2.24) is 9.97 Å². The highest BCUT2D eigenvalue weighted by Crippen LogP contribution is 2.39. The van der Waals surface area contributed by atoms with Crippen LogP contribution in [-0.4, -0.2) is 34.8 Å². The molecule has 98 valence electrons. The van der Waals surface area contributed by atoms with E-state index in [0.717, 1.165) is 31.2 Å². The number of hydrogen-bond donors (Lipinski definition) is 3. The summed E-state index contributed by atoms with van der Waals surface area (Å²) in [4.78, 5) is 11.2. The van der Waals surface area contributed by atoms with Crippen molar-refractivity contribution in [2.45, 2.75) is 25.2 Å². The molecule has 3 rings (SSSR count). The van der Waals surface area contributed by atoms with Gasteiger partial charge in [-0.3, -0.25) is 0 Å². The van der Waals surface area contributed by atoms with Crippen molar-refractivity contribution in [3.05, 3.63) is 11.9 Å². The maximum absolute atomic E-state index is 9.19. The first kappa shape index (κ1) is 11.7. The highest BCUT2D eigenvalue weighted by molar-refractivity contribution is 5.50. The Kier molecular flexibility index (Phi) is 3.05. The molecule has 1 aliphatic carbocycles. The number of anilines is 2. The lowest BCUT2D eigenvalue weighted by atomic mass is 10.1. The summed E-state index contributed by atoms with van der Waals surface area (Å²) >= 11 is 0. The van der Waals surface area contributed by atoms with Gasteiger partial charge in [0.1, 0.15) is 17.5 Å². The average molecular weight is 249 g/mol. The molecule has 0 spiro atoms. The summed E-state index contributed by atoms with van der Waals surface area (Å²) in [5.74, 6) is 8.83. The summed E-state index contributed by atoms with van der Waals surface area (Å²) in [5, 5.41) is 9.19. The molecule has 6 nitrogen and oxygen atoms in total. The number of aliphatic hydroxyl groups is 1. The second kappa shape index (κ2) is 4.70. The van der Waals surface area contributed by atoms with Crippen LogP contribution in [0, 0.1) is 5.92 Å². The molecule has 1 saturated heterocycles. The van der Waals surface area contributed by atoms with Gasteiger partial charge in [0.05, 0.1) is 0 Å². The van der Waals surface area contributed by atoms with Crippen molar-refractivity contribution < 1.29 is 5.11 Å². The fourth-order valence-corrected chi connectivity index (χ4v) is 2.40. The molecule has 1 atom stereocenters. The summed E-state index contributed by atoms with van der Waals surface area (Å²) in [6.45, 7) is 2.05. The third kappa shape index (κ3) is 2.26. The molecule has 2 heterocycles. The van der Waals surface area contributed by atoms with Gasteiger partial charge in [-0.2, -0.15) is 0 Å². The van der Waals surface area contributed by atoms with Crippen molar-refractivity contribution in [2.24, 2.45) is 11.8 Å². The van der Waals surface area contributed by atoms with Gasteiger partial charge >= 0.3 is 0 Å². The van der Waals surface area contributed by atoms with Crippen LogP contribution in [0.3, 0.4) is 0 Å². The molecule has 0 radical (unpaired) electrons. The van der Waals surface area contributed by atoms with Crippen LogP contribution < -0.4 is 16.2 Å². The SMILES string of the molecule is NNc1cc(N2CCC(CO)C2)nc(C2CC2)n1. The average Bonchev–Trinajstić information content (AvgIpc) is 3.16. The zero-order valence-electron chi connectivity index (χ0n) is 10.3. The van der Waals surface area contributed by atoms with Crippen molar-refractivity contribution in [3.63, 3.8) is 0 Å². The van der Waals surface area contributed by atoms with E-state index in [9.17, 15) is 5.11 Å². The molecule has 4 N–H and O–H groups in total. The first-order valence-corrected chi connectivity index (χ1v) is 6.51. The van der Waals surface area contributed by atoms with Gasteiger partial charge < -0.3 is 15.4 Å². The van der Waals surface area contributed by atoms with Gasteiger partial charge in [0, 0.05) is 37.6 Å². The molecule has 2 aliphatic rings. The lowest BCUT2D eigenvalue weighted by Crippen LogP contribution is -2.23. The molecule has 1 saturated carbocycles. The van der Waals surface area contributed by atoms with Gasteiger partial charge in [0.2, 0.25) is 0 Å². The van der Waals surface area contributed by atoms with Gasteiger partial charge in [0.25, 0.3) is 0 Å². The summed E-state index contributed by atoms with van der Waals surface area (Å²) in [6, 6.07) is 1.88. The van der Waals surface area contributed by atoms with Crippen LogP contribution >= 0.6 is 0 Å². The highest BCUT2D eigenvalue weighted by Gasteiger charge is 2.29. The number of hydrogen-bond acceptors (Lipinski definition) is 6. The van der Waals surface area contributed by atoms with E-state index in [2.05, 4.69) is 20.3 Å². The van der Waals surface area contributed by atoms with Gasteiger partial charge in [0.15, 0.2) is 0 Å². The molecule has 1 aromatic rings. The van der Waals surface area contributed by atoms with E-state index in [-0.39, 0.29) is 6.61 Å². The van der Waals surface area contributed by atoms with Crippen LogP contribution in [0.25, 0.3) is 0 Å². The fourth-order valence-electron chi connectivity index (χ4n) is 2.40. The van der Waals surface area contributed by atoms with Crippen molar-refractivity contribution in [1.29, 1.82) is 0 Å². The third-order valence-corrected chi connectivity index (χ3v) is 3.69. The first-order valence-electron chi connectivity index (χ1n) is 6.51. The summed E-state index contributed by atoms with van der Waals surface area (Å²) in [5.41, 5.74) is 2.61. The molecule has 18 heavy (non-hydrogen) atoms. The van der Waals surface area contributed by atoms with Crippen LogP contribution in [0.2, 0.25) is 0 Å². The molecule has 1 unspecified atom stereocenters. The number of aliphatic hydroxyl groups excluding tert-OH is 1.